The lowest BCUT2D eigenvalue weighted by Gasteiger charge is -2.25. The van der Waals surface area contributed by atoms with Gasteiger partial charge in [0.2, 0.25) is 17.7 Å². The molecule has 10 heteroatoms. The summed E-state index contributed by atoms with van der Waals surface area (Å²) in [5.74, 6) is -4.46. The first kappa shape index (κ1) is 24.7. The SMILES string of the molecule is CN(C(=O)CN1C(=O)CN(C(=O)C[C@H](N)Cc2cc(F)c(F)cc2F)Cc2ccccc21)C1CC1. The van der Waals surface area contributed by atoms with Crippen molar-refractivity contribution in [1.82, 2.24) is 9.80 Å². The van der Waals surface area contributed by atoms with Crippen LogP contribution >= 0.6 is 0 Å². The highest BCUT2D eigenvalue weighted by atomic mass is 19.2. The van der Waals surface area contributed by atoms with Gasteiger partial charge in [-0.2, -0.15) is 0 Å². The standard InChI is InChI=1S/C25H27F3N4O3/c1-30(18-6-7-18)24(34)14-32-22-5-3-2-4-15(22)12-31(13-25(32)35)23(33)10-17(29)8-16-9-20(27)21(28)11-19(16)26/h2-5,9,11,17-18H,6-8,10,12-14,29H2,1H3/t17-/m1/s1. The fourth-order valence-corrected chi connectivity index (χ4v) is 4.24. The molecule has 1 aliphatic heterocycles. The molecule has 2 aliphatic rings. The van der Waals surface area contributed by atoms with E-state index in [-0.39, 0.29) is 50.0 Å². The highest BCUT2D eigenvalue weighted by molar-refractivity contribution is 6.02. The van der Waals surface area contributed by atoms with E-state index in [0.717, 1.165) is 18.9 Å². The minimum atomic E-state index is -1.30. The number of anilines is 1. The van der Waals surface area contributed by atoms with Gasteiger partial charge < -0.3 is 20.4 Å². The lowest BCUT2D eigenvalue weighted by Crippen LogP contribution is -2.46. The van der Waals surface area contributed by atoms with Crippen LogP contribution in [0.4, 0.5) is 18.9 Å². The molecule has 1 saturated carbocycles. The van der Waals surface area contributed by atoms with Gasteiger partial charge in [-0.1, -0.05) is 18.2 Å². The highest BCUT2D eigenvalue weighted by Gasteiger charge is 2.34. The quantitative estimate of drug-likeness (QED) is 0.607. The van der Waals surface area contributed by atoms with Gasteiger partial charge in [0.25, 0.3) is 0 Å². The number of halogens is 3. The Morgan fingerprint density at radius 3 is 2.49 bits per heavy atom. The number of benzene rings is 2. The van der Waals surface area contributed by atoms with Crippen LogP contribution in [-0.4, -0.2) is 59.7 Å². The molecule has 186 valence electrons. The fourth-order valence-electron chi connectivity index (χ4n) is 4.24. The van der Waals surface area contributed by atoms with Crippen LogP contribution in [0, 0.1) is 17.5 Å². The molecular weight excluding hydrogens is 461 g/mol. The Kier molecular flexibility index (Phi) is 7.11. The molecule has 1 atom stereocenters. The number of amides is 3. The Bertz CT molecular complexity index is 1150. The largest absolute Gasteiger partial charge is 0.341 e. The monoisotopic (exact) mass is 488 g/mol. The Hall–Kier alpha value is -3.40. The topological polar surface area (TPSA) is 87.0 Å². The number of nitrogens with zero attached hydrogens (tertiary/aromatic N) is 3. The molecule has 1 aliphatic carbocycles. The van der Waals surface area contributed by atoms with Gasteiger partial charge in [-0.3, -0.25) is 14.4 Å². The summed E-state index contributed by atoms with van der Waals surface area (Å²) in [4.78, 5) is 43.3. The molecule has 0 radical (unpaired) electrons. The van der Waals surface area contributed by atoms with Gasteiger partial charge in [-0.15, -0.1) is 0 Å². The molecule has 0 spiro atoms. The second-order valence-electron chi connectivity index (χ2n) is 9.12. The fraction of sp³-hybridized carbons (Fsp3) is 0.400. The summed E-state index contributed by atoms with van der Waals surface area (Å²) in [6, 6.07) is 7.58. The van der Waals surface area contributed by atoms with Crippen LogP contribution in [0.3, 0.4) is 0 Å². The number of para-hydroxylation sites is 1. The van der Waals surface area contributed by atoms with E-state index in [2.05, 4.69) is 0 Å². The van der Waals surface area contributed by atoms with Crippen molar-refractivity contribution in [1.29, 1.82) is 0 Å². The second-order valence-corrected chi connectivity index (χ2v) is 9.12. The van der Waals surface area contributed by atoms with E-state index in [0.29, 0.717) is 17.3 Å². The Morgan fingerprint density at radius 1 is 1.09 bits per heavy atom. The normalized spacial score (nSPS) is 16.5. The van der Waals surface area contributed by atoms with Crippen molar-refractivity contribution in [2.75, 3.05) is 25.0 Å². The zero-order valence-corrected chi connectivity index (χ0v) is 19.3. The molecule has 0 saturated heterocycles. The zero-order valence-electron chi connectivity index (χ0n) is 19.3. The summed E-state index contributed by atoms with van der Waals surface area (Å²) in [6.45, 7) is -0.240. The third-order valence-corrected chi connectivity index (χ3v) is 6.41. The maximum absolute atomic E-state index is 14.0. The molecule has 2 aromatic carbocycles. The first-order chi connectivity index (χ1) is 16.6. The van der Waals surface area contributed by atoms with Crippen molar-refractivity contribution >= 4 is 23.4 Å². The molecule has 1 fully saturated rings. The van der Waals surface area contributed by atoms with Crippen molar-refractivity contribution in [3.63, 3.8) is 0 Å². The minimum absolute atomic E-state index is 0.125. The molecule has 2 aromatic rings. The highest BCUT2D eigenvalue weighted by Crippen LogP contribution is 2.28. The van der Waals surface area contributed by atoms with Crippen molar-refractivity contribution in [2.45, 2.75) is 44.3 Å². The number of hydrogen-bond donors (Lipinski definition) is 1. The van der Waals surface area contributed by atoms with Crippen LogP contribution in [0.1, 0.15) is 30.4 Å². The van der Waals surface area contributed by atoms with Gasteiger partial charge in [-0.05, 0) is 42.5 Å². The summed E-state index contributed by atoms with van der Waals surface area (Å²) in [7, 11) is 1.72. The molecule has 2 N–H and O–H groups in total. The van der Waals surface area contributed by atoms with Crippen molar-refractivity contribution in [3.05, 3.63) is 65.0 Å². The van der Waals surface area contributed by atoms with Gasteiger partial charge in [0.1, 0.15) is 18.9 Å². The van der Waals surface area contributed by atoms with E-state index in [1.54, 1.807) is 36.2 Å². The number of nitrogens with two attached hydrogens (primary N) is 1. The van der Waals surface area contributed by atoms with E-state index < -0.39 is 35.3 Å². The second kappa shape index (κ2) is 10.1. The lowest BCUT2D eigenvalue weighted by atomic mass is 10.0. The van der Waals surface area contributed by atoms with Gasteiger partial charge in [0, 0.05) is 43.9 Å². The lowest BCUT2D eigenvalue weighted by molar-refractivity contribution is -0.136. The average Bonchev–Trinajstić information content (AvgIpc) is 3.66. The van der Waals surface area contributed by atoms with Crippen molar-refractivity contribution in [3.8, 4) is 0 Å². The van der Waals surface area contributed by atoms with Crippen LogP contribution in [-0.2, 0) is 27.3 Å². The molecular formula is C25H27F3N4O3. The van der Waals surface area contributed by atoms with Crippen LogP contribution in [0.25, 0.3) is 0 Å². The predicted molar refractivity (Wildman–Crippen MR) is 123 cm³/mol. The first-order valence-corrected chi connectivity index (χ1v) is 11.4. The summed E-state index contributed by atoms with van der Waals surface area (Å²) >= 11 is 0. The Morgan fingerprint density at radius 2 is 1.77 bits per heavy atom. The van der Waals surface area contributed by atoms with Crippen LogP contribution in [0.2, 0.25) is 0 Å². The van der Waals surface area contributed by atoms with Crippen molar-refractivity contribution < 1.29 is 27.6 Å². The number of carbonyl (C=O) groups excluding carboxylic acids is 3. The molecule has 3 amide bonds. The van der Waals surface area contributed by atoms with E-state index in [9.17, 15) is 27.6 Å². The average molecular weight is 489 g/mol. The third-order valence-electron chi connectivity index (χ3n) is 6.41. The van der Waals surface area contributed by atoms with Gasteiger partial charge in [0.05, 0.1) is 0 Å². The van der Waals surface area contributed by atoms with Gasteiger partial charge >= 0.3 is 0 Å². The molecule has 7 nitrogen and oxygen atoms in total. The molecule has 0 aromatic heterocycles. The predicted octanol–water partition coefficient (Wildman–Crippen LogP) is 2.36. The summed E-state index contributed by atoms with van der Waals surface area (Å²) in [5.41, 5.74) is 7.16. The molecule has 0 bridgehead atoms. The number of carbonyl (C=O) groups is 3. The van der Waals surface area contributed by atoms with Crippen molar-refractivity contribution in [2.24, 2.45) is 5.73 Å². The smallest absolute Gasteiger partial charge is 0.247 e. The zero-order chi connectivity index (χ0) is 25.3. The maximum atomic E-state index is 14.0. The number of hydrogen-bond acceptors (Lipinski definition) is 4. The number of fused-ring (bicyclic) bond motifs is 1. The Balaban J connectivity index is 1.46. The molecule has 1 heterocycles. The van der Waals surface area contributed by atoms with E-state index in [1.165, 1.54) is 9.80 Å². The number of rotatable bonds is 7. The van der Waals surface area contributed by atoms with Gasteiger partial charge in [-0.25, -0.2) is 13.2 Å². The molecule has 35 heavy (non-hydrogen) atoms. The van der Waals surface area contributed by atoms with Crippen LogP contribution < -0.4 is 10.6 Å². The minimum Gasteiger partial charge on any atom is -0.341 e. The summed E-state index contributed by atoms with van der Waals surface area (Å²) in [6.07, 6.45) is 1.49. The summed E-state index contributed by atoms with van der Waals surface area (Å²) in [5, 5.41) is 0. The molecule has 4 rings (SSSR count). The summed E-state index contributed by atoms with van der Waals surface area (Å²) < 4.78 is 40.6. The van der Waals surface area contributed by atoms with Crippen LogP contribution in [0.5, 0.6) is 0 Å². The number of likely N-dealkylation sites (N-methyl/N-ethyl adjacent to an activating group) is 1. The third kappa shape index (κ3) is 5.64. The van der Waals surface area contributed by atoms with Crippen LogP contribution in [0.15, 0.2) is 36.4 Å². The maximum Gasteiger partial charge on any atom is 0.247 e. The van der Waals surface area contributed by atoms with Gasteiger partial charge in [0.15, 0.2) is 11.6 Å². The van der Waals surface area contributed by atoms with E-state index >= 15 is 0 Å². The first-order valence-electron chi connectivity index (χ1n) is 11.4. The van der Waals surface area contributed by atoms with E-state index in [1.807, 2.05) is 0 Å². The molecule has 0 unspecified atom stereocenters. The van der Waals surface area contributed by atoms with E-state index in [4.69, 9.17) is 5.73 Å². The Labute approximate surface area is 201 Å².